The summed E-state index contributed by atoms with van der Waals surface area (Å²) in [4.78, 5) is 12.3. The molecule has 0 atom stereocenters. The highest BCUT2D eigenvalue weighted by Gasteiger charge is 2.29. The maximum atomic E-state index is 12.7. The van der Waals surface area contributed by atoms with Gasteiger partial charge in [0.15, 0.2) is 0 Å². The van der Waals surface area contributed by atoms with Gasteiger partial charge in [-0.3, -0.25) is 4.79 Å². The number of carbonyl (C=O) groups is 1. The summed E-state index contributed by atoms with van der Waals surface area (Å²) >= 11 is 0. The summed E-state index contributed by atoms with van der Waals surface area (Å²) < 4.78 is 26.9. The van der Waals surface area contributed by atoms with Crippen molar-refractivity contribution in [2.75, 3.05) is 19.6 Å². The lowest BCUT2D eigenvalue weighted by Crippen LogP contribution is -2.46. The highest BCUT2D eigenvalue weighted by Crippen LogP contribution is 2.21. The number of piperidine rings is 1. The van der Waals surface area contributed by atoms with Crippen molar-refractivity contribution in [3.63, 3.8) is 0 Å². The van der Waals surface area contributed by atoms with Crippen LogP contribution in [0.2, 0.25) is 0 Å². The van der Waals surface area contributed by atoms with Crippen LogP contribution in [-0.2, 0) is 14.8 Å². The van der Waals surface area contributed by atoms with Gasteiger partial charge in [0.25, 0.3) is 0 Å². The van der Waals surface area contributed by atoms with Crippen LogP contribution in [0.4, 0.5) is 0 Å². The molecule has 6 nitrogen and oxygen atoms in total. The molecule has 1 aromatic rings. The third-order valence-corrected chi connectivity index (χ3v) is 6.75. The summed E-state index contributed by atoms with van der Waals surface area (Å²) in [6.45, 7) is 3.52. The number of hydrogen-bond donors (Lipinski definition) is 2. The fourth-order valence-corrected chi connectivity index (χ4v) is 4.65. The summed E-state index contributed by atoms with van der Waals surface area (Å²) in [5.74, 6) is 0.0672. The fourth-order valence-electron chi connectivity index (χ4n) is 3.18. The number of amides is 1. The molecule has 1 saturated heterocycles. The van der Waals surface area contributed by atoms with Crippen molar-refractivity contribution in [3.8, 4) is 0 Å². The van der Waals surface area contributed by atoms with Crippen molar-refractivity contribution >= 4 is 15.9 Å². The van der Waals surface area contributed by atoms with Crippen LogP contribution in [0.15, 0.2) is 29.2 Å². The summed E-state index contributed by atoms with van der Waals surface area (Å²) in [7, 11) is -3.44. The van der Waals surface area contributed by atoms with Crippen molar-refractivity contribution in [1.82, 2.24) is 9.62 Å². The van der Waals surface area contributed by atoms with E-state index in [9.17, 15) is 13.2 Å². The number of carbonyl (C=O) groups excluding carboxylic acids is 1. The van der Waals surface area contributed by atoms with Gasteiger partial charge in [0.2, 0.25) is 15.9 Å². The predicted octanol–water partition coefficient (Wildman–Crippen LogP) is 2.17. The number of benzene rings is 1. The molecular weight excluding hydrogens is 350 g/mol. The first kappa shape index (κ1) is 20.9. The van der Waals surface area contributed by atoms with Crippen LogP contribution in [0.3, 0.4) is 0 Å². The van der Waals surface area contributed by atoms with E-state index in [0.717, 1.165) is 31.2 Å². The Bertz CT molecular complexity index is 666. The molecule has 0 spiro atoms. The second kappa shape index (κ2) is 10.0. The maximum absolute atomic E-state index is 12.7. The first-order valence-corrected chi connectivity index (χ1v) is 10.9. The molecule has 0 aromatic heterocycles. The summed E-state index contributed by atoms with van der Waals surface area (Å²) in [5.41, 5.74) is 6.49. The molecule has 146 valence electrons. The largest absolute Gasteiger partial charge is 0.353 e. The molecule has 1 aliphatic heterocycles. The molecule has 0 unspecified atom stereocenters. The van der Waals surface area contributed by atoms with E-state index < -0.39 is 10.0 Å². The molecule has 0 bridgehead atoms. The van der Waals surface area contributed by atoms with Gasteiger partial charge in [0.1, 0.15) is 0 Å². The smallest absolute Gasteiger partial charge is 0.243 e. The average molecular weight is 382 g/mol. The number of nitrogens with two attached hydrogens (primary N) is 1. The summed E-state index contributed by atoms with van der Waals surface area (Å²) in [5, 5.41) is 3.04. The Morgan fingerprint density at radius 2 is 1.73 bits per heavy atom. The molecule has 1 aromatic carbocycles. The van der Waals surface area contributed by atoms with Crippen LogP contribution >= 0.6 is 0 Å². The van der Waals surface area contributed by atoms with Crippen molar-refractivity contribution < 1.29 is 13.2 Å². The monoisotopic (exact) mass is 381 g/mol. The van der Waals surface area contributed by atoms with Crippen LogP contribution in [0.5, 0.6) is 0 Å². The van der Waals surface area contributed by atoms with E-state index in [1.54, 1.807) is 12.1 Å². The van der Waals surface area contributed by atoms with Gasteiger partial charge in [0.05, 0.1) is 4.90 Å². The standard InChI is InChI=1S/C19H31N3O3S/c1-16-7-9-18(10-8-16)26(24,25)22-14-11-17(12-15-22)21-19(23)6-4-2-3-5-13-20/h7-10,17H,2-6,11-15,20H2,1H3,(H,21,23). The lowest BCUT2D eigenvalue weighted by atomic mass is 10.1. The first-order chi connectivity index (χ1) is 12.4. The number of aryl methyl sites for hydroxylation is 1. The minimum absolute atomic E-state index is 0.0657. The van der Waals surface area contributed by atoms with Gasteiger partial charge in [-0.15, -0.1) is 0 Å². The molecule has 26 heavy (non-hydrogen) atoms. The molecule has 0 saturated carbocycles. The van der Waals surface area contributed by atoms with Gasteiger partial charge in [-0.25, -0.2) is 8.42 Å². The molecule has 3 N–H and O–H groups in total. The summed E-state index contributed by atoms with van der Waals surface area (Å²) in [6.07, 6.45) is 5.83. The minimum atomic E-state index is -3.44. The van der Waals surface area contributed by atoms with Gasteiger partial charge in [0, 0.05) is 25.6 Å². The molecular formula is C19H31N3O3S. The van der Waals surface area contributed by atoms with Gasteiger partial charge in [-0.05, 0) is 51.3 Å². The van der Waals surface area contributed by atoms with Gasteiger partial charge in [-0.1, -0.05) is 30.5 Å². The normalized spacial score (nSPS) is 16.5. The van der Waals surface area contributed by atoms with Crippen molar-refractivity contribution in [3.05, 3.63) is 29.8 Å². The lowest BCUT2D eigenvalue weighted by Gasteiger charge is -2.31. The fraction of sp³-hybridized carbons (Fsp3) is 0.632. The van der Waals surface area contributed by atoms with Gasteiger partial charge in [-0.2, -0.15) is 4.31 Å². The molecule has 1 fully saturated rings. The number of rotatable bonds is 9. The Kier molecular flexibility index (Phi) is 8.06. The third-order valence-electron chi connectivity index (χ3n) is 4.84. The average Bonchev–Trinajstić information content (AvgIpc) is 2.62. The molecule has 1 amide bonds. The highest BCUT2D eigenvalue weighted by molar-refractivity contribution is 7.89. The second-order valence-corrected chi connectivity index (χ2v) is 8.95. The van der Waals surface area contributed by atoms with E-state index in [1.807, 2.05) is 19.1 Å². The molecule has 0 radical (unpaired) electrons. The third kappa shape index (κ3) is 6.07. The maximum Gasteiger partial charge on any atom is 0.243 e. The number of hydrogen-bond acceptors (Lipinski definition) is 4. The molecule has 0 aliphatic carbocycles. The quantitative estimate of drug-likeness (QED) is 0.641. The first-order valence-electron chi connectivity index (χ1n) is 9.49. The Labute approximate surface area is 157 Å². The van der Waals surface area contributed by atoms with Crippen molar-refractivity contribution in [1.29, 1.82) is 0 Å². The Hall–Kier alpha value is -1.44. The molecule has 1 heterocycles. The molecule has 1 aliphatic rings. The van der Waals surface area contributed by atoms with E-state index in [4.69, 9.17) is 5.73 Å². The van der Waals surface area contributed by atoms with Crippen molar-refractivity contribution in [2.24, 2.45) is 5.73 Å². The minimum Gasteiger partial charge on any atom is -0.353 e. The predicted molar refractivity (Wildman–Crippen MR) is 103 cm³/mol. The van der Waals surface area contributed by atoms with Crippen LogP contribution in [-0.4, -0.2) is 44.3 Å². The number of nitrogens with zero attached hydrogens (tertiary/aromatic N) is 1. The Balaban J connectivity index is 1.76. The van der Waals surface area contributed by atoms with E-state index in [-0.39, 0.29) is 11.9 Å². The zero-order valence-electron chi connectivity index (χ0n) is 15.6. The van der Waals surface area contributed by atoms with E-state index in [0.29, 0.717) is 43.8 Å². The van der Waals surface area contributed by atoms with E-state index in [1.165, 1.54) is 4.31 Å². The SMILES string of the molecule is Cc1ccc(S(=O)(=O)N2CCC(NC(=O)CCCCCCN)CC2)cc1. The number of unbranched alkanes of at least 4 members (excludes halogenated alkanes) is 3. The summed E-state index contributed by atoms with van der Waals surface area (Å²) in [6, 6.07) is 7.00. The van der Waals surface area contributed by atoms with Crippen LogP contribution in [0.1, 0.15) is 50.5 Å². The zero-order chi connectivity index (χ0) is 19.0. The lowest BCUT2D eigenvalue weighted by molar-refractivity contribution is -0.122. The van der Waals surface area contributed by atoms with Gasteiger partial charge < -0.3 is 11.1 Å². The van der Waals surface area contributed by atoms with E-state index >= 15 is 0 Å². The van der Waals surface area contributed by atoms with Crippen LogP contribution in [0.25, 0.3) is 0 Å². The van der Waals surface area contributed by atoms with Crippen molar-refractivity contribution in [2.45, 2.75) is 62.8 Å². The van der Waals surface area contributed by atoms with E-state index in [2.05, 4.69) is 5.32 Å². The molecule has 2 rings (SSSR count). The van der Waals surface area contributed by atoms with Crippen LogP contribution < -0.4 is 11.1 Å². The van der Waals surface area contributed by atoms with Gasteiger partial charge >= 0.3 is 0 Å². The number of nitrogens with one attached hydrogen (secondary N) is 1. The number of sulfonamides is 1. The Morgan fingerprint density at radius 3 is 2.35 bits per heavy atom. The van der Waals surface area contributed by atoms with Crippen LogP contribution in [0, 0.1) is 6.92 Å². The molecule has 7 heteroatoms. The zero-order valence-corrected chi connectivity index (χ0v) is 16.4. The Morgan fingerprint density at radius 1 is 1.12 bits per heavy atom. The second-order valence-electron chi connectivity index (χ2n) is 7.01. The topological polar surface area (TPSA) is 92.5 Å². The highest BCUT2D eigenvalue weighted by atomic mass is 32.2.